The van der Waals surface area contributed by atoms with Crippen molar-refractivity contribution in [2.45, 2.75) is 25.7 Å². The number of carbonyl (C=O) groups is 4. The van der Waals surface area contributed by atoms with Gasteiger partial charge in [-0.15, -0.1) is 0 Å². The molecule has 6 rings (SSSR count). The number of benzene rings is 3. The molecule has 3 aromatic carbocycles. The first-order valence-corrected chi connectivity index (χ1v) is 13.5. The van der Waals surface area contributed by atoms with E-state index in [1.807, 2.05) is 25.1 Å². The Morgan fingerprint density at radius 2 is 1.72 bits per heavy atom. The van der Waals surface area contributed by atoms with E-state index < -0.39 is 18.5 Å². The lowest BCUT2D eigenvalue weighted by molar-refractivity contribution is -0.123. The first-order valence-electron chi connectivity index (χ1n) is 13.1. The van der Waals surface area contributed by atoms with Crippen LogP contribution in [0.25, 0.3) is 0 Å². The molecule has 3 aliphatic rings. The zero-order chi connectivity index (χ0) is 27.3. The van der Waals surface area contributed by atoms with Gasteiger partial charge in [-0.25, -0.2) is 4.79 Å². The number of amides is 3. The Bertz CT molecular complexity index is 1490. The molecule has 1 saturated heterocycles. The Hall–Kier alpha value is -3.97. The van der Waals surface area contributed by atoms with Crippen LogP contribution in [0.2, 0.25) is 5.02 Å². The molecule has 0 spiro atoms. The number of anilines is 2. The van der Waals surface area contributed by atoms with Crippen molar-refractivity contribution >= 4 is 46.7 Å². The fraction of sp³-hybridized carbons (Fsp3) is 0.290. The average molecular weight is 543 g/mol. The van der Waals surface area contributed by atoms with Gasteiger partial charge in [-0.1, -0.05) is 54.1 Å². The number of ether oxygens (including phenoxy) is 1. The van der Waals surface area contributed by atoms with Crippen molar-refractivity contribution in [3.63, 3.8) is 0 Å². The number of rotatable bonds is 6. The number of fused-ring (bicyclic) bond motifs is 5. The number of nitrogens with one attached hydrogen (secondary N) is 1. The topological polar surface area (TPSA) is 92.8 Å². The van der Waals surface area contributed by atoms with Crippen LogP contribution in [0, 0.1) is 30.6 Å². The molecule has 0 unspecified atom stereocenters. The van der Waals surface area contributed by atoms with Crippen LogP contribution < -0.4 is 10.2 Å². The summed E-state index contributed by atoms with van der Waals surface area (Å²) in [6.07, 6.45) is 1.80. The van der Waals surface area contributed by atoms with Crippen molar-refractivity contribution in [2.24, 2.45) is 23.7 Å². The molecule has 5 atom stereocenters. The normalized spacial score (nSPS) is 25.1. The van der Waals surface area contributed by atoms with Crippen molar-refractivity contribution in [2.75, 3.05) is 16.8 Å². The first kappa shape index (κ1) is 25.3. The maximum atomic E-state index is 13.6. The predicted molar refractivity (Wildman–Crippen MR) is 146 cm³/mol. The fourth-order valence-electron chi connectivity index (χ4n) is 6.65. The zero-order valence-electron chi connectivity index (χ0n) is 21.3. The first-order chi connectivity index (χ1) is 18.8. The van der Waals surface area contributed by atoms with Crippen molar-refractivity contribution in [3.8, 4) is 0 Å². The number of hydrogen-bond donors (Lipinski definition) is 1. The Labute approximate surface area is 231 Å². The zero-order valence-corrected chi connectivity index (χ0v) is 22.1. The maximum absolute atomic E-state index is 13.6. The highest BCUT2D eigenvalue weighted by atomic mass is 35.5. The molecule has 1 heterocycles. The minimum Gasteiger partial charge on any atom is -0.452 e. The summed E-state index contributed by atoms with van der Waals surface area (Å²) in [4.78, 5) is 53.3. The van der Waals surface area contributed by atoms with Gasteiger partial charge in [-0.3, -0.25) is 19.3 Å². The standard InChI is InChI=1S/C31H27ClN2O5/c1-17-10-11-21(15-25(17)32)33-26(35)16-39-31(38)19-8-5-9-22(12-19)34-29(36)27-20-13-23(18-6-3-2-4-7-18)24(14-20)28(27)30(34)37/h2-12,15,20,23-24,27-28H,13-14,16H2,1H3,(H,33,35)/t20-,23+,24+,27+,28+/m0/s1. The molecule has 1 aliphatic heterocycles. The second-order valence-electron chi connectivity index (χ2n) is 10.6. The van der Waals surface area contributed by atoms with Crippen LogP contribution in [0.5, 0.6) is 0 Å². The predicted octanol–water partition coefficient (Wildman–Crippen LogP) is 5.37. The van der Waals surface area contributed by atoms with Crippen molar-refractivity contribution in [3.05, 3.63) is 94.5 Å². The van der Waals surface area contributed by atoms with Gasteiger partial charge in [0.15, 0.2) is 6.61 Å². The molecule has 1 N–H and O–H groups in total. The van der Waals surface area contributed by atoms with Crippen LogP contribution in [0.1, 0.15) is 40.2 Å². The third-order valence-corrected chi connectivity index (χ3v) is 8.78. The summed E-state index contributed by atoms with van der Waals surface area (Å²) in [7, 11) is 0. The summed E-state index contributed by atoms with van der Waals surface area (Å²) >= 11 is 6.09. The van der Waals surface area contributed by atoms with E-state index in [1.54, 1.807) is 30.3 Å². The summed E-state index contributed by atoms with van der Waals surface area (Å²) < 4.78 is 5.20. The van der Waals surface area contributed by atoms with E-state index in [1.165, 1.54) is 22.6 Å². The van der Waals surface area contributed by atoms with Gasteiger partial charge in [-0.05, 0) is 79.0 Å². The number of imide groups is 1. The molecular formula is C31H27ClN2O5. The highest BCUT2D eigenvalue weighted by Crippen LogP contribution is 2.61. The van der Waals surface area contributed by atoms with Gasteiger partial charge >= 0.3 is 5.97 Å². The molecule has 2 saturated carbocycles. The van der Waals surface area contributed by atoms with Crippen LogP contribution in [-0.2, 0) is 19.1 Å². The maximum Gasteiger partial charge on any atom is 0.338 e. The number of esters is 1. The largest absolute Gasteiger partial charge is 0.452 e. The van der Waals surface area contributed by atoms with Gasteiger partial charge in [-0.2, -0.15) is 0 Å². The van der Waals surface area contributed by atoms with E-state index in [0.29, 0.717) is 16.4 Å². The molecule has 39 heavy (non-hydrogen) atoms. The highest BCUT2D eigenvalue weighted by Gasteiger charge is 2.64. The second kappa shape index (κ2) is 9.97. The smallest absolute Gasteiger partial charge is 0.338 e. The Balaban J connectivity index is 1.13. The molecule has 3 fully saturated rings. The minimum atomic E-state index is -0.725. The lowest BCUT2D eigenvalue weighted by atomic mass is 9.73. The van der Waals surface area contributed by atoms with E-state index in [-0.39, 0.29) is 47.0 Å². The molecule has 3 amide bonds. The summed E-state index contributed by atoms with van der Waals surface area (Å²) in [6, 6.07) is 21.6. The number of carbonyl (C=O) groups excluding carboxylic acids is 4. The lowest BCUT2D eigenvalue weighted by Crippen LogP contribution is -2.33. The monoisotopic (exact) mass is 542 g/mol. The van der Waals surface area contributed by atoms with Crippen molar-refractivity contribution < 1.29 is 23.9 Å². The van der Waals surface area contributed by atoms with Crippen molar-refractivity contribution in [1.29, 1.82) is 0 Å². The van der Waals surface area contributed by atoms with E-state index >= 15 is 0 Å². The number of aryl methyl sites for hydroxylation is 1. The Kier molecular flexibility index (Phi) is 6.47. The molecule has 8 heteroatoms. The molecule has 198 valence electrons. The van der Waals surface area contributed by atoms with Crippen LogP contribution >= 0.6 is 11.6 Å². The second-order valence-corrected chi connectivity index (χ2v) is 11.0. The van der Waals surface area contributed by atoms with E-state index in [0.717, 1.165) is 18.4 Å². The van der Waals surface area contributed by atoms with Gasteiger partial charge in [0.25, 0.3) is 5.91 Å². The number of halogens is 1. The Morgan fingerprint density at radius 1 is 0.949 bits per heavy atom. The van der Waals surface area contributed by atoms with Gasteiger partial charge < -0.3 is 10.1 Å². The summed E-state index contributed by atoms with van der Waals surface area (Å²) in [6.45, 7) is 1.36. The average Bonchev–Trinajstić information content (AvgIpc) is 3.61. The third-order valence-electron chi connectivity index (χ3n) is 8.37. The van der Waals surface area contributed by atoms with Crippen LogP contribution in [0.4, 0.5) is 11.4 Å². The van der Waals surface area contributed by atoms with Gasteiger partial charge in [0.1, 0.15) is 0 Å². The fourth-order valence-corrected chi connectivity index (χ4v) is 6.83. The molecular weight excluding hydrogens is 516 g/mol. The van der Waals surface area contributed by atoms with Crippen LogP contribution in [-0.4, -0.2) is 30.3 Å². The van der Waals surface area contributed by atoms with Crippen LogP contribution in [0.3, 0.4) is 0 Å². The quantitative estimate of drug-likeness (QED) is 0.334. The molecule has 7 nitrogen and oxygen atoms in total. The van der Waals surface area contributed by atoms with Crippen LogP contribution in [0.15, 0.2) is 72.8 Å². The number of hydrogen-bond acceptors (Lipinski definition) is 5. The minimum absolute atomic E-state index is 0.138. The molecule has 0 aromatic heterocycles. The summed E-state index contributed by atoms with van der Waals surface area (Å²) in [5.41, 5.74) is 3.10. The van der Waals surface area contributed by atoms with E-state index in [9.17, 15) is 19.2 Å². The van der Waals surface area contributed by atoms with Gasteiger partial charge in [0.2, 0.25) is 11.8 Å². The summed E-state index contributed by atoms with van der Waals surface area (Å²) in [5.74, 6) is -1.67. The Morgan fingerprint density at radius 3 is 2.49 bits per heavy atom. The van der Waals surface area contributed by atoms with Crippen molar-refractivity contribution in [1.82, 2.24) is 0 Å². The summed E-state index contributed by atoms with van der Waals surface area (Å²) in [5, 5.41) is 3.15. The molecule has 3 aromatic rings. The molecule has 2 aliphatic carbocycles. The number of nitrogens with zero attached hydrogens (tertiary/aromatic N) is 1. The third kappa shape index (κ3) is 4.51. The van der Waals surface area contributed by atoms with E-state index in [4.69, 9.17) is 16.3 Å². The van der Waals surface area contributed by atoms with E-state index in [2.05, 4.69) is 17.4 Å². The highest BCUT2D eigenvalue weighted by molar-refractivity contribution is 6.31. The van der Waals surface area contributed by atoms with Gasteiger partial charge in [0.05, 0.1) is 23.1 Å². The van der Waals surface area contributed by atoms with Gasteiger partial charge in [0, 0.05) is 10.7 Å². The SMILES string of the molecule is Cc1ccc(NC(=O)COC(=O)c2cccc(N3C(=O)[C@@H]4[C@@H]5C[C@@H]([C@H]4C3=O)[C@@H](c3ccccc3)C5)c2)cc1Cl. The lowest BCUT2D eigenvalue weighted by Gasteiger charge is -2.28. The molecule has 0 radical (unpaired) electrons. The molecule has 2 bridgehead atoms.